The topological polar surface area (TPSA) is 75.7 Å². The monoisotopic (exact) mass is 426 g/mol. The minimum atomic E-state index is -3.50. The van der Waals surface area contributed by atoms with Gasteiger partial charge in [-0.3, -0.25) is 4.79 Å². The van der Waals surface area contributed by atoms with Crippen LogP contribution in [0.25, 0.3) is 0 Å². The lowest BCUT2D eigenvalue weighted by Gasteiger charge is -2.13. The summed E-state index contributed by atoms with van der Waals surface area (Å²) in [4.78, 5) is 12.7. The van der Waals surface area contributed by atoms with E-state index in [2.05, 4.69) is 21.2 Å². The standard InChI is InChI=1S/C17H19BrN2O4S/c1-4-24-16-10-5-12(18)11-15(16)17(21)19-13-6-8-14(9-7-13)25(22,23)20(2)3/h5-11H,4H2,1-3H3,(H,19,21). The van der Waals surface area contributed by atoms with Crippen LogP contribution in [0.1, 0.15) is 17.3 Å². The molecule has 0 fully saturated rings. The maximum atomic E-state index is 12.5. The van der Waals surface area contributed by atoms with Gasteiger partial charge in [0.25, 0.3) is 5.91 Å². The SMILES string of the molecule is CCOc1ccc(Br)cc1C(=O)Nc1ccc(S(=O)(=O)N(C)C)cc1. The van der Waals surface area contributed by atoms with Crippen LogP contribution in [0.15, 0.2) is 51.8 Å². The first-order valence-corrected chi connectivity index (χ1v) is 9.75. The number of ether oxygens (including phenoxy) is 1. The molecule has 0 heterocycles. The van der Waals surface area contributed by atoms with Gasteiger partial charge in [-0.2, -0.15) is 0 Å². The smallest absolute Gasteiger partial charge is 0.259 e. The van der Waals surface area contributed by atoms with Gasteiger partial charge in [0, 0.05) is 24.3 Å². The average molecular weight is 427 g/mol. The van der Waals surface area contributed by atoms with Gasteiger partial charge in [0.2, 0.25) is 10.0 Å². The molecule has 0 spiro atoms. The van der Waals surface area contributed by atoms with E-state index in [1.807, 2.05) is 6.92 Å². The number of hydrogen-bond donors (Lipinski definition) is 1. The van der Waals surface area contributed by atoms with E-state index in [9.17, 15) is 13.2 Å². The number of sulfonamides is 1. The molecule has 2 aromatic carbocycles. The Morgan fingerprint density at radius 1 is 1.16 bits per heavy atom. The summed E-state index contributed by atoms with van der Waals surface area (Å²) >= 11 is 3.34. The Kier molecular flexibility index (Phi) is 6.21. The fourth-order valence-electron chi connectivity index (χ4n) is 2.08. The van der Waals surface area contributed by atoms with E-state index in [4.69, 9.17) is 4.74 Å². The maximum Gasteiger partial charge on any atom is 0.259 e. The fourth-order valence-corrected chi connectivity index (χ4v) is 3.34. The molecule has 0 unspecified atom stereocenters. The van der Waals surface area contributed by atoms with Crippen LogP contribution >= 0.6 is 15.9 Å². The normalized spacial score (nSPS) is 11.4. The van der Waals surface area contributed by atoms with Crippen molar-refractivity contribution in [3.63, 3.8) is 0 Å². The third-order valence-corrected chi connectivity index (χ3v) is 5.70. The molecule has 2 rings (SSSR count). The summed E-state index contributed by atoms with van der Waals surface area (Å²) < 4.78 is 31.5. The first-order valence-electron chi connectivity index (χ1n) is 7.52. The van der Waals surface area contributed by atoms with E-state index in [0.29, 0.717) is 23.6 Å². The number of rotatable bonds is 6. The van der Waals surface area contributed by atoms with Gasteiger partial charge in [0.05, 0.1) is 17.1 Å². The largest absolute Gasteiger partial charge is 0.493 e. The lowest BCUT2D eigenvalue weighted by Crippen LogP contribution is -2.22. The summed E-state index contributed by atoms with van der Waals surface area (Å²) in [6.07, 6.45) is 0. The first-order chi connectivity index (χ1) is 11.8. The van der Waals surface area contributed by atoms with E-state index in [1.165, 1.54) is 26.2 Å². The average Bonchev–Trinajstić information content (AvgIpc) is 2.57. The van der Waals surface area contributed by atoms with Gasteiger partial charge in [0.15, 0.2) is 0 Å². The maximum absolute atomic E-state index is 12.5. The zero-order chi connectivity index (χ0) is 18.6. The van der Waals surface area contributed by atoms with Crippen LogP contribution in [-0.2, 0) is 10.0 Å². The molecule has 0 bridgehead atoms. The van der Waals surface area contributed by atoms with Crippen LogP contribution in [0.2, 0.25) is 0 Å². The van der Waals surface area contributed by atoms with Gasteiger partial charge >= 0.3 is 0 Å². The summed E-state index contributed by atoms with van der Waals surface area (Å²) in [6.45, 7) is 2.28. The Bertz CT molecular complexity index is 865. The number of carbonyl (C=O) groups is 1. The summed E-state index contributed by atoms with van der Waals surface area (Å²) in [5.41, 5.74) is 0.881. The second-order valence-electron chi connectivity index (χ2n) is 5.34. The number of halogens is 1. The number of benzene rings is 2. The fraction of sp³-hybridized carbons (Fsp3) is 0.235. The molecule has 6 nitrogen and oxygen atoms in total. The number of nitrogens with one attached hydrogen (secondary N) is 1. The van der Waals surface area contributed by atoms with Crippen molar-refractivity contribution >= 4 is 37.5 Å². The second kappa shape index (κ2) is 7.99. The molecule has 0 aromatic heterocycles. The van der Waals surface area contributed by atoms with E-state index >= 15 is 0 Å². The summed E-state index contributed by atoms with van der Waals surface area (Å²) in [7, 11) is -0.568. The van der Waals surface area contributed by atoms with Crippen molar-refractivity contribution < 1.29 is 17.9 Å². The van der Waals surface area contributed by atoms with Crippen LogP contribution in [0.4, 0.5) is 5.69 Å². The zero-order valence-electron chi connectivity index (χ0n) is 14.1. The van der Waals surface area contributed by atoms with E-state index in [-0.39, 0.29) is 10.8 Å². The third-order valence-electron chi connectivity index (χ3n) is 3.38. The molecule has 8 heteroatoms. The second-order valence-corrected chi connectivity index (χ2v) is 8.41. The molecule has 0 saturated heterocycles. The highest BCUT2D eigenvalue weighted by Gasteiger charge is 2.17. The molecule has 25 heavy (non-hydrogen) atoms. The molecule has 0 radical (unpaired) electrons. The molecule has 2 aromatic rings. The Hall–Kier alpha value is -1.90. The van der Waals surface area contributed by atoms with Gasteiger partial charge < -0.3 is 10.1 Å². The first kappa shape index (κ1) is 19.4. The highest BCUT2D eigenvalue weighted by molar-refractivity contribution is 9.10. The molecular weight excluding hydrogens is 408 g/mol. The van der Waals surface area contributed by atoms with Crippen LogP contribution in [0, 0.1) is 0 Å². The molecule has 1 amide bonds. The van der Waals surface area contributed by atoms with Gasteiger partial charge in [0.1, 0.15) is 5.75 Å². The summed E-state index contributed by atoms with van der Waals surface area (Å²) in [5.74, 6) is 0.142. The molecular formula is C17H19BrN2O4S. The number of carbonyl (C=O) groups excluding carboxylic acids is 1. The van der Waals surface area contributed by atoms with Crippen LogP contribution < -0.4 is 10.1 Å². The Morgan fingerprint density at radius 2 is 1.80 bits per heavy atom. The number of nitrogens with zero attached hydrogens (tertiary/aromatic N) is 1. The van der Waals surface area contributed by atoms with Crippen LogP contribution in [0.3, 0.4) is 0 Å². The Balaban J connectivity index is 2.23. The van der Waals surface area contributed by atoms with E-state index < -0.39 is 10.0 Å². The Morgan fingerprint density at radius 3 is 2.36 bits per heavy atom. The van der Waals surface area contributed by atoms with Crippen molar-refractivity contribution in [2.24, 2.45) is 0 Å². The number of amides is 1. The van der Waals surface area contributed by atoms with Crippen LogP contribution in [0.5, 0.6) is 5.75 Å². The molecule has 0 saturated carbocycles. The van der Waals surface area contributed by atoms with Crippen molar-refractivity contribution in [2.75, 3.05) is 26.0 Å². The van der Waals surface area contributed by atoms with Crippen molar-refractivity contribution in [1.29, 1.82) is 0 Å². The lowest BCUT2D eigenvalue weighted by molar-refractivity contribution is 0.102. The van der Waals surface area contributed by atoms with Gasteiger partial charge in [-0.15, -0.1) is 0 Å². The van der Waals surface area contributed by atoms with Gasteiger partial charge in [-0.25, -0.2) is 12.7 Å². The number of anilines is 1. The highest BCUT2D eigenvalue weighted by Crippen LogP contribution is 2.25. The van der Waals surface area contributed by atoms with E-state index in [1.54, 1.807) is 30.3 Å². The minimum absolute atomic E-state index is 0.160. The lowest BCUT2D eigenvalue weighted by atomic mass is 10.2. The molecule has 0 aliphatic heterocycles. The van der Waals surface area contributed by atoms with Crippen molar-refractivity contribution in [3.05, 3.63) is 52.5 Å². The molecule has 134 valence electrons. The predicted molar refractivity (Wildman–Crippen MR) is 101 cm³/mol. The van der Waals surface area contributed by atoms with Gasteiger partial charge in [-0.05, 0) is 49.4 Å². The summed E-state index contributed by atoms with van der Waals surface area (Å²) in [6, 6.07) is 11.2. The Labute approximate surface area is 156 Å². The molecule has 0 aliphatic carbocycles. The minimum Gasteiger partial charge on any atom is -0.493 e. The molecule has 0 atom stereocenters. The van der Waals surface area contributed by atoms with E-state index in [0.717, 1.165) is 8.78 Å². The zero-order valence-corrected chi connectivity index (χ0v) is 16.5. The van der Waals surface area contributed by atoms with Crippen molar-refractivity contribution in [1.82, 2.24) is 4.31 Å². The quantitative estimate of drug-likeness (QED) is 0.767. The predicted octanol–water partition coefficient (Wildman–Crippen LogP) is 3.35. The third kappa shape index (κ3) is 4.59. The highest BCUT2D eigenvalue weighted by atomic mass is 79.9. The van der Waals surface area contributed by atoms with Crippen LogP contribution in [-0.4, -0.2) is 39.3 Å². The number of hydrogen-bond acceptors (Lipinski definition) is 4. The van der Waals surface area contributed by atoms with Gasteiger partial charge in [-0.1, -0.05) is 15.9 Å². The van der Waals surface area contributed by atoms with Crippen molar-refractivity contribution in [3.8, 4) is 5.75 Å². The molecule has 1 N–H and O–H groups in total. The molecule has 0 aliphatic rings. The van der Waals surface area contributed by atoms with Crippen molar-refractivity contribution in [2.45, 2.75) is 11.8 Å². The summed E-state index contributed by atoms with van der Waals surface area (Å²) in [5, 5.41) is 2.74.